The third-order valence-electron chi connectivity index (χ3n) is 5.92. The van der Waals surface area contributed by atoms with E-state index in [1.54, 1.807) is 4.90 Å². The number of carbonyl (C=O) groups excluding carboxylic acids is 1. The maximum Gasteiger partial charge on any atom is 0.349 e. The van der Waals surface area contributed by atoms with Gasteiger partial charge in [-0.3, -0.25) is 9.78 Å². The molecule has 0 spiro atoms. The number of hydrogen-bond acceptors (Lipinski definition) is 5. The molecular formula is C22H27N3O3. The lowest BCUT2D eigenvalue weighted by atomic mass is 9.83. The molecule has 6 heteroatoms. The Hall–Kier alpha value is -2.63. The molecule has 1 saturated heterocycles. The fourth-order valence-corrected chi connectivity index (χ4v) is 4.05. The Bertz CT molecular complexity index is 933. The standard InChI is InChI=1S/C22H27N3O3/c1-15-13-19(17-5-3-6-17)28-22(27)20(15)21(26)25-10-4-9-24(11-12-25)18-7-8-23-16(2)14-18/h7-8,13-14,17H,3-6,9-12H2,1-2H3. The topological polar surface area (TPSA) is 66.7 Å². The summed E-state index contributed by atoms with van der Waals surface area (Å²) in [4.78, 5) is 34.0. The predicted octanol–water partition coefficient (Wildman–Crippen LogP) is 3.27. The van der Waals surface area contributed by atoms with Crippen LogP contribution in [-0.2, 0) is 0 Å². The number of carbonyl (C=O) groups is 1. The highest BCUT2D eigenvalue weighted by atomic mass is 16.4. The molecule has 1 saturated carbocycles. The summed E-state index contributed by atoms with van der Waals surface area (Å²) >= 11 is 0. The zero-order valence-electron chi connectivity index (χ0n) is 16.6. The summed E-state index contributed by atoms with van der Waals surface area (Å²) in [6.45, 7) is 6.66. The molecule has 6 nitrogen and oxygen atoms in total. The lowest BCUT2D eigenvalue weighted by Crippen LogP contribution is -2.38. The van der Waals surface area contributed by atoms with E-state index in [0.29, 0.717) is 19.0 Å². The maximum absolute atomic E-state index is 13.1. The summed E-state index contributed by atoms with van der Waals surface area (Å²) in [5, 5.41) is 0. The molecule has 28 heavy (non-hydrogen) atoms. The van der Waals surface area contributed by atoms with Gasteiger partial charge in [-0.25, -0.2) is 4.79 Å². The van der Waals surface area contributed by atoms with E-state index in [0.717, 1.165) is 55.1 Å². The summed E-state index contributed by atoms with van der Waals surface area (Å²) in [6, 6.07) is 5.96. The quantitative estimate of drug-likeness (QED) is 0.816. The van der Waals surface area contributed by atoms with E-state index in [1.165, 1.54) is 6.42 Å². The van der Waals surface area contributed by atoms with Gasteiger partial charge >= 0.3 is 5.63 Å². The van der Waals surface area contributed by atoms with Crippen molar-refractivity contribution in [1.82, 2.24) is 9.88 Å². The number of hydrogen-bond donors (Lipinski definition) is 0. The van der Waals surface area contributed by atoms with Gasteiger partial charge in [-0.2, -0.15) is 0 Å². The van der Waals surface area contributed by atoms with Crippen molar-refractivity contribution in [2.24, 2.45) is 0 Å². The average molecular weight is 381 g/mol. The molecular weight excluding hydrogens is 354 g/mol. The van der Waals surface area contributed by atoms with Crippen molar-refractivity contribution in [2.75, 3.05) is 31.1 Å². The van der Waals surface area contributed by atoms with Crippen LogP contribution in [0.2, 0.25) is 0 Å². The van der Waals surface area contributed by atoms with Crippen LogP contribution in [0.3, 0.4) is 0 Å². The van der Waals surface area contributed by atoms with Gasteiger partial charge in [0.05, 0.1) is 0 Å². The highest BCUT2D eigenvalue weighted by Gasteiger charge is 2.28. The number of aromatic nitrogens is 1. The monoisotopic (exact) mass is 381 g/mol. The van der Waals surface area contributed by atoms with Gasteiger partial charge in [0.25, 0.3) is 5.91 Å². The zero-order valence-corrected chi connectivity index (χ0v) is 16.6. The third-order valence-corrected chi connectivity index (χ3v) is 5.92. The summed E-state index contributed by atoms with van der Waals surface area (Å²) < 4.78 is 5.52. The first-order chi connectivity index (χ1) is 13.5. The van der Waals surface area contributed by atoms with E-state index in [-0.39, 0.29) is 11.5 Å². The molecule has 0 N–H and O–H groups in total. The van der Waals surface area contributed by atoms with Gasteiger partial charge in [-0.15, -0.1) is 0 Å². The smallest absolute Gasteiger partial charge is 0.349 e. The van der Waals surface area contributed by atoms with Crippen molar-refractivity contribution < 1.29 is 9.21 Å². The highest BCUT2D eigenvalue weighted by molar-refractivity contribution is 5.95. The molecule has 0 aromatic carbocycles. The SMILES string of the molecule is Cc1cc(N2CCCN(C(=O)c3c(C)cc(C4CCC4)oc3=O)CC2)ccn1. The van der Waals surface area contributed by atoms with E-state index in [9.17, 15) is 9.59 Å². The molecule has 0 radical (unpaired) electrons. The van der Waals surface area contributed by atoms with E-state index < -0.39 is 5.63 Å². The zero-order chi connectivity index (χ0) is 19.7. The molecule has 2 fully saturated rings. The molecule has 148 valence electrons. The first-order valence-electron chi connectivity index (χ1n) is 10.1. The number of aryl methyl sites for hydroxylation is 2. The number of anilines is 1. The maximum atomic E-state index is 13.1. The Morgan fingerprint density at radius 2 is 1.93 bits per heavy atom. The van der Waals surface area contributed by atoms with Gasteiger partial charge in [0.2, 0.25) is 0 Å². The second kappa shape index (κ2) is 7.78. The minimum absolute atomic E-state index is 0.191. The lowest BCUT2D eigenvalue weighted by Gasteiger charge is -2.25. The van der Waals surface area contributed by atoms with Crippen LogP contribution in [-0.4, -0.2) is 42.0 Å². The van der Waals surface area contributed by atoms with Crippen LogP contribution >= 0.6 is 0 Å². The fraction of sp³-hybridized carbons (Fsp3) is 0.500. The van der Waals surface area contributed by atoms with Crippen LogP contribution in [0.15, 0.2) is 33.6 Å². The third kappa shape index (κ3) is 3.68. The Kier molecular flexibility index (Phi) is 5.20. The highest BCUT2D eigenvalue weighted by Crippen LogP contribution is 2.36. The molecule has 0 unspecified atom stereocenters. The van der Waals surface area contributed by atoms with Crippen molar-refractivity contribution >= 4 is 11.6 Å². The van der Waals surface area contributed by atoms with E-state index in [1.807, 2.05) is 32.2 Å². The Morgan fingerprint density at radius 3 is 2.61 bits per heavy atom. The molecule has 1 amide bonds. The lowest BCUT2D eigenvalue weighted by molar-refractivity contribution is 0.0760. The summed E-state index contributed by atoms with van der Waals surface area (Å²) in [5.74, 6) is 0.866. The van der Waals surface area contributed by atoms with Gasteiger partial charge in [-0.05, 0) is 56.9 Å². The van der Waals surface area contributed by atoms with Crippen LogP contribution in [0, 0.1) is 13.8 Å². The van der Waals surface area contributed by atoms with Crippen LogP contribution in [0.25, 0.3) is 0 Å². The number of nitrogens with zero attached hydrogens (tertiary/aromatic N) is 3. The van der Waals surface area contributed by atoms with Crippen molar-refractivity contribution in [3.8, 4) is 0 Å². The Morgan fingerprint density at radius 1 is 1.11 bits per heavy atom. The van der Waals surface area contributed by atoms with E-state index in [2.05, 4.69) is 16.0 Å². The molecule has 0 atom stereocenters. The van der Waals surface area contributed by atoms with E-state index >= 15 is 0 Å². The average Bonchev–Trinajstić information content (AvgIpc) is 2.86. The molecule has 1 aliphatic heterocycles. The van der Waals surface area contributed by atoms with Gasteiger partial charge in [0.15, 0.2) is 0 Å². The molecule has 2 aliphatic rings. The first-order valence-corrected chi connectivity index (χ1v) is 10.1. The molecule has 1 aliphatic carbocycles. The Balaban J connectivity index is 1.50. The van der Waals surface area contributed by atoms with Crippen molar-refractivity contribution in [2.45, 2.75) is 45.4 Å². The second-order valence-corrected chi connectivity index (χ2v) is 7.91. The number of pyridine rings is 1. The fourth-order valence-electron chi connectivity index (χ4n) is 4.05. The second-order valence-electron chi connectivity index (χ2n) is 7.91. The van der Waals surface area contributed by atoms with Gasteiger partial charge in [0.1, 0.15) is 11.3 Å². The van der Waals surface area contributed by atoms with Crippen molar-refractivity contribution in [3.05, 3.63) is 57.4 Å². The van der Waals surface area contributed by atoms with Gasteiger partial charge < -0.3 is 14.2 Å². The number of amides is 1. The minimum Gasteiger partial charge on any atom is -0.427 e. The largest absolute Gasteiger partial charge is 0.427 e. The summed E-state index contributed by atoms with van der Waals surface area (Å²) in [7, 11) is 0. The summed E-state index contributed by atoms with van der Waals surface area (Å²) in [6.07, 6.45) is 5.97. The molecule has 2 aromatic heterocycles. The van der Waals surface area contributed by atoms with Crippen molar-refractivity contribution in [1.29, 1.82) is 0 Å². The van der Waals surface area contributed by atoms with Crippen LogP contribution in [0.1, 0.15) is 59.0 Å². The summed E-state index contributed by atoms with van der Waals surface area (Å²) in [5.41, 5.74) is 2.54. The van der Waals surface area contributed by atoms with Gasteiger partial charge in [-0.1, -0.05) is 6.42 Å². The molecule has 0 bridgehead atoms. The predicted molar refractivity (Wildman–Crippen MR) is 108 cm³/mol. The minimum atomic E-state index is -0.488. The van der Waals surface area contributed by atoms with Crippen LogP contribution < -0.4 is 10.5 Å². The van der Waals surface area contributed by atoms with Crippen molar-refractivity contribution in [3.63, 3.8) is 0 Å². The van der Waals surface area contributed by atoms with Crippen LogP contribution in [0.4, 0.5) is 5.69 Å². The first kappa shape index (κ1) is 18.7. The number of rotatable bonds is 3. The normalized spacial score (nSPS) is 17.9. The van der Waals surface area contributed by atoms with Crippen LogP contribution in [0.5, 0.6) is 0 Å². The van der Waals surface area contributed by atoms with E-state index in [4.69, 9.17) is 4.42 Å². The van der Waals surface area contributed by atoms with Gasteiger partial charge in [0, 0.05) is 49.7 Å². The Labute approximate surface area is 165 Å². The molecule has 3 heterocycles. The molecule has 2 aromatic rings. The molecule has 4 rings (SSSR count).